The van der Waals surface area contributed by atoms with Crippen LogP contribution in [0.1, 0.15) is 18.4 Å². The van der Waals surface area contributed by atoms with E-state index in [0.717, 1.165) is 5.56 Å². The number of hydrogen-bond acceptors (Lipinski definition) is 5. The van der Waals surface area contributed by atoms with Crippen LogP contribution in [0.25, 0.3) is 0 Å². The van der Waals surface area contributed by atoms with E-state index in [1.54, 1.807) is 11.3 Å². The number of rotatable bonds is 8. The lowest BCUT2D eigenvalue weighted by molar-refractivity contribution is -0.142. The number of hydrogen-bond donors (Lipinski definition) is 3. The maximum atomic E-state index is 11.6. The molecule has 3 N–H and O–H groups in total. The largest absolute Gasteiger partial charge is 0.480 e. The normalized spacial score (nSPS) is 11.5. The molecule has 0 aliphatic carbocycles. The van der Waals surface area contributed by atoms with Gasteiger partial charge in [0.15, 0.2) is 0 Å². The summed E-state index contributed by atoms with van der Waals surface area (Å²) in [7, 11) is 1.22. The lowest BCUT2D eigenvalue weighted by atomic mass is 10.1. The smallest absolute Gasteiger partial charge is 0.326 e. The fourth-order valence-electron chi connectivity index (χ4n) is 1.59. The Morgan fingerprint density at radius 2 is 2.19 bits per heavy atom. The molecule has 116 valence electrons. The lowest BCUT2D eigenvalue weighted by Crippen LogP contribution is -2.46. The van der Waals surface area contributed by atoms with Crippen molar-refractivity contribution in [3.63, 3.8) is 0 Å². The first-order valence-electron chi connectivity index (χ1n) is 6.38. The van der Waals surface area contributed by atoms with Crippen molar-refractivity contribution in [2.75, 3.05) is 13.7 Å². The Bertz CT molecular complexity index is 475. The van der Waals surface area contributed by atoms with Crippen molar-refractivity contribution in [1.29, 1.82) is 0 Å². The van der Waals surface area contributed by atoms with Gasteiger partial charge in [-0.05, 0) is 35.2 Å². The Hall–Kier alpha value is -2.09. The van der Waals surface area contributed by atoms with Crippen LogP contribution in [0.3, 0.4) is 0 Å². The third-order valence-electron chi connectivity index (χ3n) is 2.75. The molecule has 0 spiro atoms. The van der Waals surface area contributed by atoms with Crippen molar-refractivity contribution in [1.82, 2.24) is 10.6 Å². The number of carbonyl (C=O) groups is 3. The minimum atomic E-state index is -1.19. The Labute approximate surface area is 126 Å². The number of methoxy groups -OCH3 is 1. The molecule has 0 aromatic carbocycles. The molecule has 0 fully saturated rings. The molecule has 0 radical (unpaired) electrons. The minimum absolute atomic E-state index is 0.0139. The third kappa shape index (κ3) is 6.75. The standard InChI is InChI=1S/C13H18N2O5S/c1-20-11(16)3-2-10(12(17)18)15-13(19)14-6-4-9-5-7-21-8-9/h5,7-8,10H,2-4,6H2,1H3,(H,17,18)(H2,14,15,19)/t10-/m0/s1. The van der Waals surface area contributed by atoms with Gasteiger partial charge in [-0.3, -0.25) is 4.79 Å². The zero-order chi connectivity index (χ0) is 15.7. The van der Waals surface area contributed by atoms with E-state index in [2.05, 4.69) is 15.4 Å². The Kier molecular flexibility index (Phi) is 7.24. The lowest BCUT2D eigenvalue weighted by Gasteiger charge is -2.14. The van der Waals surface area contributed by atoms with Gasteiger partial charge < -0.3 is 20.5 Å². The molecule has 2 amide bonds. The van der Waals surface area contributed by atoms with Crippen LogP contribution in [-0.2, 0) is 20.7 Å². The van der Waals surface area contributed by atoms with Crippen molar-refractivity contribution >= 4 is 29.3 Å². The second kappa shape index (κ2) is 8.96. The molecular weight excluding hydrogens is 296 g/mol. The molecule has 1 heterocycles. The summed E-state index contributed by atoms with van der Waals surface area (Å²) < 4.78 is 4.43. The van der Waals surface area contributed by atoms with Crippen molar-refractivity contribution in [3.8, 4) is 0 Å². The number of aliphatic carboxylic acids is 1. The van der Waals surface area contributed by atoms with Crippen LogP contribution in [-0.4, -0.2) is 42.8 Å². The zero-order valence-electron chi connectivity index (χ0n) is 11.6. The second-order valence-corrected chi connectivity index (χ2v) is 5.07. The fourth-order valence-corrected chi connectivity index (χ4v) is 2.29. The van der Waals surface area contributed by atoms with Crippen LogP contribution in [0.4, 0.5) is 4.79 Å². The van der Waals surface area contributed by atoms with Gasteiger partial charge in [0, 0.05) is 13.0 Å². The summed E-state index contributed by atoms with van der Waals surface area (Å²) in [6, 6.07) is 0.272. The minimum Gasteiger partial charge on any atom is -0.480 e. The summed E-state index contributed by atoms with van der Waals surface area (Å²) in [6.45, 7) is 0.409. The Morgan fingerprint density at radius 3 is 2.76 bits per heavy atom. The van der Waals surface area contributed by atoms with Crippen molar-refractivity contribution < 1.29 is 24.2 Å². The van der Waals surface area contributed by atoms with Crippen molar-refractivity contribution in [2.45, 2.75) is 25.3 Å². The van der Waals surface area contributed by atoms with E-state index in [1.165, 1.54) is 7.11 Å². The van der Waals surface area contributed by atoms with Crippen LogP contribution in [0, 0.1) is 0 Å². The number of carboxylic acid groups (broad SMARTS) is 1. The topological polar surface area (TPSA) is 105 Å². The number of ether oxygens (including phenoxy) is 1. The van der Waals surface area contributed by atoms with Crippen LogP contribution < -0.4 is 10.6 Å². The van der Waals surface area contributed by atoms with Crippen LogP contribution in [0.2, 0.25) is 0 Å². The van der Waals surface area contributed by atoms with Gasteiger partial charge >= 0.3 is 18.0 Å². The highest BCUT2D eigenvalue weighted by Crippen LogP contribution is 2.05. The highest BCUT2D eigenvalue weighted by atomic mass is 32.1. The first-order chi connectivity index (χ1) is 10.0. The average molecular weight is 314 g/mol. The fraction of sp³-hybridized carbons (Fsp3) is 0.462. The molecule has 21 heavy (non-hydrogen) atoms. The molecule has 0 aliphatic heterocycles. The Balaban J connectivity index is 2.31. The highest BCUT2D eigenvalue weighted by molar-refractivity contribution is 7.07. The Morgan fingerprint density at radius 1 is 1.43 bits per heavy atom. The molecule has 7 nitrogen and oxygen atoms in total. The van der Waals surface area contributed by atoms with Gasteiger partial charge in [-0.2, -0.15) is 11.3 Å². The van der Waals surface area contributed by atoms with E-state index in [1.807, 2.05) is 16.8 Å². The molecule has 8 heteroatoms. The van der Waals surface area contributed by atoms with E-state index >= 15 is 0 Å². The summed E-state index contributed by atoms with van der Waals surface area (Å²) in [5.41, 5.74) is 1.11. The van der Waals surface area contributed by atoms with Crippen molar-refractivity contribution in [3.05, 3.63) is 22.4 Å². The van der Waals surface area contributed by atoms with Gasteiger partial charge in [0.1, 0.15) is 6.04 Å². The SMILES string of the molecule is COC(=O)CC[C@H](NC(=O)NCCc1ccsc1)C(=O)O. The second-order valence-electron chi connectivity index (χ2n) is 4.29. The van der Waals surface area contributed by atoms with Crippen LogP contribution in [0.15, 0.2) is 16.8 Å². The summed E-state index contributed by atoms with van der Waals surface area (Å²) in [6.07, 6.45) is 0.597. The van der Waals surface area contributed by atoms with E-state index in [4.69, 9.17) is 5.11 Å². The first-order valence-corrected chi connectivity index (χ1v) is 7.32. The summed E-state index contributed by atoms with van der Waals surface area (Å²) in [4.78, 5) is 33.6. The quantitative estimate of drug-likeness (QED) is 0.621. The van der Waals surface area contributed by atoms with Crippen LogP contribution >= 0.6 is 11.3 Å². The molecule has 0 saturated heterocycles. The van der Waals surface area contributed by atoms with Gasteiger partial charge in [-0.25, -0.2) is 9.59 Å². The molecule has 0 bridgehead atoms. The highest BCUT2D eigenvalue weighted by Gasteiger charge is 2.20. The van der Waals surface area contributed by atoms with E-state index in [-0.39, 0.29) is 12.8 Å². The van der Waals surface area contributed by atoms with E-state index < -0.39 is 24.0 Å². The molecule has 1 aromatic rings. The van der Waals surface area contributed by atoms with Crippen molar-refractivity contribution in [2.24, 2.45) is 0 Å². The maximum absolute atomic E-state index is 11.6. The molecule has 1 aromatic heterocycles. The van der Waals surface area contributed by atoms with Gasteiger partial charge in [-0.15, -0.1) is 0 Å². The average Bonchev–Trinajstić information content (AvgIpc) is 2.95. The summed E-state index contributed by atoms with van der Waals surface area (Å²) in [5, 5.41) is 17.8. The number of carbonyl (C=O) groups excluding carboxylic acids is 2. The number of urea groups is 1. The first kappa shape index (κ1) is 17.0. The third-order valence-corrected chi connectivity index (χ3v) is 3.48. The number of carboxylic acids is 1. The zero-order valence-corrected chi connectivity index (χ0v) is 12.4. The molecule has 1 rings (SSSR count). The number of thiophene rings is 1. The predicted octanol–water partition coefficient (Wildman–Crippen LogP) is 0.996. The van der Waals surface area contributed by atoms with E-state index in [9.17, 15) is 14.4 Å². The molecular formula is C13H18N2O5S. The monoisotopic (exact) mass is 314 g/mol. The van der Waals surface area contributed by atoms with Gasteiger partial charge in [-0.1, -0.05) is 0 Å². The summed E-state index contributed by atoms with van der Waals surface area (Å²) >= 11 is 1.57. The number of nitrogens with one attached hydrogen (secondary N) is 2. The summed E-state index contributed by atoms with van der Waals surface area (Å²) in [5.74, 6) is -1.70. The van der Waals surface area contributed by atoms with Gasteiger partial charge in [0.05, 0.1) is 7.11 Å². The van der Waals surface area contributed by atoms with Gasteiger partial charge in [0.25, 0.3) is 0 Å². The predicted molar refractivity (Wildman–Crippen MR) is 77.2 cm³/mol. The maximum Gasteiger partial charge on any atom is 0.326 e. The molecule has 0 saturated carbocycles. The molecule has 0 unspecified atom stereocenters. The molecule has 1 atom stereocenters. The molecule has 0 aliphatic rings. The van der Waals surface area contributed by atoms with Crippen LogP contribution in [0.5, 0.6) is 0 Å². The number of amides is 2. The number of esters is 1. The van der Waals surface area contributed by atoms with E-state index in [0.29, 0.717) is 13.0 Å². The van der Waals surface area contributed by atoms with Gasteiger partial charge in [0.2, 0.25) is 0 Å².